The van der Waals surface area contributed by atoms with E-state index in [0.29, 0.717) is 19.6 Å². The molecule has 16 heavy (non-hydrogen) atoms. The molecule has 1 saturated heterocycles. The summed E-state index contributed by atoms with van der Waals surface area (Å²) in [5.41, 5.74) is 6.57. The molecule has 3 N–H and O–H groups in total. The van der Waals surface area contributed by atoms with Gasteiger partial charge in [0, 0.05) is 24.1 Å². The minimum Gasteiger partial charge on any atom is -0.329 e. The van der Waals surface area contributed by atoms with Crippen LogP contribution in [0, 0.1) is 0 Å². The quantitative estimate of drug-likeness (QED) is 0.883. The number of rotatable bonds is 3. The maximum atomic E-state index is 11.6. The van der Waals surface area contributed by atoms with Crippen LogP contribution in [0.4, 0.5) is 4.79 Å². The highest BCUT2D eigenvalue weighted by Crippen LogP contribution is 2.21. The van der Waals surface area contributed by atoms with Gasteiger partial charge in [-0.15, -0.1) is 0 Å². The zero-order valence-corrected chi connectivity index (χ0v) is 10.4. The number of hydrogen-bond acceptors (Lipinski definition) is 2. The molecular formula is C11H14BrN3O. The molecule has 86 valence electrons. The average molecular weight is 284 g/mol. The van der Waals surface area contributed by atoms with E-state index < -0.39 is 0 Å². The lowest BCUT2D eigenvalue weighted by Gasteiger charge is -2.13. The second kappa shape index (κ2) is 4.84. The van der Waals surface area contributed by atoms with Crippen LogP contribution in [0.2, 0.25) is 0 Å². The van der Waals surface area contributed by atoms with Crippen LogP contribution < -0.4 is 11.1 Å². The van der Waals surface area contributed by atoms with E-state index >= 15 is 0 Å². The van der Waals surface area contributed by atoms with E-state index in [0.717, 1.165) is 10.0 Å². The predicted octanol–water partition coefficient (Wildman–Crippen LogP) is 1.47. The van der Waals surface area contributed by atoms with Crippen LogP contribution in [-0.4, -0.2) is 30.6 Å². The minimum absolute atomic E-state index is 0.0293. The molecule has 2 rings (SSSR count). The summed E-state index contributed by atoms with van der Waals surface area (Å²) >= 11 is 3.39. The number of benzene rings is 1. The average Bonchev–Trinajstić information content (AvgIpc) is 2.62. The molecule has 1 unspecified atom stereocenters. The highest BCUT2D eigenvalue weighted by Gasteiger charge is 2.28. The molecule has 1 aromatic carbocycles. The van der Waals surface area contributed by atoms with Gasteiger partial charge in [0.05, 0.1) is 6.04 Å². The van der Waals surface area contributed by atoms with Gasteiger partial charge in [-0.3, -0.25) is 0 Å². The lowest BCUT2D eigenvalue weighted by atomic mass is 10.1. The van der Waals surface area contributed by atoms with Crippen molar-refractivity contribution in [2.75, 3.05) is 19.6 Å². The fourth-order valence-electron chi connectivity index (χ4n) is 1.82. The van der Waals surface area contributed by atoms with Crippen molar-refractivity contribution in [2.45, 2.75) is 6.04 Å². The lowest BCUT2D eigenvalue weighted by Crippen LogP contribution is -2.32. The number of nitrogens with two attached hydrogens (primary N) is 1. The Morgan fingerprint density at radius 2 is 2.12 bits per heavy atom. The molecule has 1 atom stereocenters. The van der Waals surface area contributed by atoms with E-state index in [-0.39, 0.29) is 12.1 Å². The Hall–Kier alpha value is -1.07. The zero-order valence-electron chi connectivity index (χ0n) is 8.82. The first-order valence-electron chi connectivity index (χ1n) is 5.21. The molecule has 1 aromatic rings. The molecule has 0 aliphatic carbocycles. The van der Waals surface area contributed by atoms with Crippen LogP contribution in [0.25, 0.3) is 0 Å². The number of carbonyl (C=O) groups is 1. The van der Waals surface area contributed by atoms with Crippen LogP contribution in [0.1, 0.15) is 11.6 Å². The summed E-state index contributed by atoms with van der Waals surface area (Å²) in [7, 11) is 0. The Morgan fingerprint density at radius 3 is 2.75 bits per heavy atom. The molecule has 0 aromatic heterocycles. The van der Waals surface area contributed by atoms with E-state index in [1.807, 2.05) is 24.3 Å². The third kappa shape index (κ3) is 2.36. The standard InChI is InChI=1S/C11H14BrN3O/c12-9-3-1-8(2-4-9)10-7-15(6-5-13)11(16)14-10/h1-4,10H,5-7,13H2,(H,14,16). The van der Waals surface area contributed by atoms with Gasteiger partial charge in [0.1, 0.15) is 0 Å². The van der Waals surface area contributed by atoms with Gasteiger partial charge in [0.15, 0.2) is 0 Å². The molecule has 0 spiro atoms. The summed E-state index contributed by atoms with van der Waals surface area (Å²) in [5.74, 6) is 0. The van der Waals surface area contributed by atoms with Crippen molar-refractivity contribution in [3.63, 3.8) is 0 Å². The van der Waals surface area contributed by atoms with Crippen molar-refractivity contribution >= 4 is 22.0 Å². The molecule has 1 aliphatic rings. The second-order valence-corrected chi connectivity index (χ2v) is 4.70. The van der Waals surface area contributed by atoms with Gasteiger partial charge in [0.25, 0.3) is 0 Å². The molecule has 1 fully saturated rings. The molecule has 1 heterocycles. The van der Waals surface area contributed by atoms with Crippen molar-refractivity contribution in [1.29, 1.82) is 0 Å². The number of carbonyl (C=O) groups excluding carboxylic acids is 1. The monoisotopic (exact) mass is 283 g/mol. The fourth-order valence-corrected chi connectivity index (χ4v) is 2.09. The van der Waals surface area contributed by atoms with Crippen molar-refractivity contribution in [2.24, 2.45) is 5.73 Å². The van der Waals surface area contributed by atoms with Crippen LogP contribution in [0.15, 0.2) is 28.7 Å². The normalized spacial score (nSPS) is 20.0. The van der Waals surface area contributed by atoms with Crippen LogP contribution in [-0.2, 0) is 0 Å². The third-order valence-corrected chi connectivity index (χ3v) is 3.19. The predicted molar refractivity (Wildman–Crippen MR) is 66.0 cm³/mol. The number of nitrogens with zero attached hydrogens (tertiary/aromatic N) is 1. The van der Waals surface area contributed by atoms with Crippen molar-refractivity contribution in [3.8, 4) is 0 Å². The SMILES string of the molecule is NCCN1CC(c2ccc(Br)cc2)NC1=O. The number of nitrogens with one attached hydrogen (secondary N) is 1. The topological polar surface area (TPSA) is 58.4 Å². The van der Waals surface area contributed by atoms with Crippen molar-refractivity contribution in [3.05, 3.63) is 34.3 Å². The Bertz CT molecular complexity index is 379. The molecule has 0 saturated carbocycles. The van der Waals surface area contributed by atoms with Gasteiger partial charge in [-0.2, -0.15) is 0 Å². The van der Waals surface area contributed by atoms with E-state index in [1.54, 1.807) is 4.90 Å². The fraction of sp³-hybridized carbons (Fsp3) is 0.364. The van der Waals surface area contributed by atoms with E-state index in [4.69, 9.17) is 5.73 Å². The first kappa shape index (κ1) is 11.4. The number of hydrogen-bond donors (Lipinski definition) is 2. The van der Waals surface area contributed by atoms with Crippen molar-refractivity contribution in [1.82, 2.24) is 10.2 Å². The van der Waals surface area contributed by atoms with E-state index in [2.05, 4.69) is 21.2 Å². The first-order chi connectivity index (χ1) is 7.70. The molecule has 4 nitrogen and oxygen atoms in total. The number of amides is 2. The summed E-state index contributed by atoms with van der Waals surface area (Å²) in [6, 6.07) is 8.03. The Morgan fingerprint density at radius 1 is 1.44 bits per heavy atom. The lowest BCUT2D eigenvalue weighted by molar-refractivity contribution is 0.218. The molecule has 2 amide bonds. The molecular weight excluding hydrogens is 270 g/mol. The van der Waals surface area contributed by atoms with Crippen LogP contribution in [0.3, 0.4) is 0 Å². The Balaban J connectivity index is 2.07. The van der Waals surface area contributed by atoms with Crippen molar-refractivity contribution < 1.29 is 4.79 Å². The van der Waals surface area contributed by atoms with Gasteiger partial charge in [0.2, 0.25) is 0 Å². The zero-order chi connectivity index (χ0) is 11.5. The maximum absolute atomic E-state index is 11.6. The van der Waals surface area contributed by atoms with Gasteiger partial charge in [-0.05, 0) is 17.7 Å². The highest BCUT2D eigenvalue weighted by molar-refractivity contribution is 9.10. The summed E-state index contributed by atoms with van der Waals surface area (Å²) in [6.45, 7) is 1.80. The third-order valence-electron chi connectivity index (χ3n) is 2.66. The van der Waals surface area contributed by atoms with Gasteiger partial charge in [-0.1, -0.05) is 28.1 Å². The first-order valence-corrected chi connectivity index (χ1v) is 6.01. The largest absolute Gasteiger partial charge is 0.329 e. The van der Waals surface area contributed by atoms with Crippen LogP contribution >= 0.6 is 15.9 Å². The smallest absolute Gasteiger partial charge is 0.318 e. The molecule has 0 bridgehead atoms. The van der Waals surface area contributed by atoms with Gasteiger partial charge < -0.3 is 16.0 Å². The van der Waals surface area contributed by atoms with E-state index in [1.165, 1.54) is 0 Å². The summed E-state index contributed by atoms with van der Waals surface area (Å²) < 4.78 is 1.04. The van der Waals surface area contributed by atoms with Gasteiger partial charge in [-0.25, -0.2) is 4.79 Å². The minimum atomic E-state index is -0.0293. The summed E-state index contributed by atoms with van der Waals surface area (Å²) in [5, 5.41) is 2.94. The number of halogens is 1. The van der Waals surface area contributed by atoms with Crippen LogP contribution in [0.5, 0.6) is 0 Å². The summed E-state index contributed by atoms with van der Waals surface area (Å²) in [4.78, 5) is 13.3. The van der Waals surface area contributed by atoms with E-state index in [9.17, 15) is 4.79 Å². The molecule has 1 aliphatic heterocycles. The maximum Gasteiger partial charge on any atom is 0.318 e. The summed E-state index contributed by atoms with van der Waals surface area (Å²) in [6.07, 6.45) is 0. The Kier molecular flexibility index (Phi) is 3.46. The van der Waals surface area contributed by atoms with Gasteiger partial charge >= 0.3 is 6.03 Å². The molecule has 0 radical (unpaired) electrons. The highest BCUT2D eigenvalue weighted by atomic mass is 79.9. The second-order valence-electron chi connectivity index (χ2n) is 3.79. The molecule has 5 heteroatoms. The number of urea groups is 1. The Labute approximate surface area is 103 Å².